The minimum absolute atomic E-state index is 0.250. The van der Waals surface area contributed by atoms with Crippen molar-refractivity contribution in [3.05, 3.63) is 53.2 Å². The van der Waals surface area contributed by atoms with Crippen molar-refractivity contribution in [2.45, 2.75) is 31.4 Å². The smallest absolute Gasteiger partial charge is 0.388 e. The van der Waals surface area contributed by atoms with Crippen molar-refractivity contribution in [2.75, 3.05) is 0 Å². The van der Waals surface area contributed by atoms with Crippen molar-refractivity contribution in [3.63, 3.8) is 0 Å². The van der Waals surface area contributed by atoms with Crippen LogP contribution in [0.1, 0.15) is 39.9 Å². The number of carbonyl (C=O) groups is 1. The summed E-state index contributed by atoms with van der Waals surface area (Å²) in [7, 11) is 1.23. The first-order chi connectivity index (χ1) is 14.9. The molecule has 0 fully saturated rings. The van der Waals surface area contributed by atoms with Crippen LogP contribution < -0.4 is 10.1 Å². The molecule has 1 N–H and O–H groups in total. The van der Waals surface area contributed by atoms with Crippen LogP contribution in [0.2, 0.25) is 0 Å². The molecule has 0 aromatic carbocycles. The van der Waals surface area contributed by atoms with Crippen molar-refractivity contribution in [1.82, 2.24) is 29.9 Å². The van der Waals surface area contributed by atoms with Crippen LogP contribution in [0, 0.1) is 0 Å². The van der Waals surface area contributed by atoms with E-state index in [0.29, 0.717) is 30.2 Å². The Morgan fingerprint density at radius 2 is 1.94 bits per heavy atom. The molecule has 0 radical (unpaired) electrons. The second-order valence-electron chi connectivity index (χ2n) is 6.98. The average molecular weight is 460 g/mol. The fraction of sp³-hybridized carbons (Fsp3) is 0.333. The van der Waals surface area contributed by atoms with Crippen LogP contribution in [0.3, 0.4) is 0 Å². The molecule has 0 saturated carbocycles. The highest BCUT2D eigenvalue weighted by Gasteiger charge is 2.36. The Morgan fingerprint density at radius 3 is 2.59 bits per heavy atom. The number of hydrogen-bond acceptors (Lipinski definition) is 5. The molecule has 1 amide bonds. The number of nitrogens with zero attached hydrogens (tertiary/aromatic N) is 5. The summed E-state index contributed by atoms with van der Waals surface area (Å²) in [5.74, 6) is -1.40. The summed E-state index contributed by atoms with van der Waals surface area (Å²) in [5, 5.41) is 10.3. The third kappa shape index (κ3) is 4.38. The quantitative estimate of drug-likeness (QED) is 0.604. The number of alkyl halides is 6. The number of amides is 1. The number of ether oxygens (including phenoxy) is 1. The summed E-state index contributed by atoms with van der Waals surface area (Å²) in [6.45, 7) is 0. The zero-order valence-corrected chi connectivity index (χ0v) is 16.2. The Labute approximate surface area is 175 Å². The lowest BCUT2D eigenvalue weighted by molar-refractivity contribution is -0.276. The molecule has 0 saturated heterocycles. The van der Waals surface area contributed by atoms with Crippen LogP contribution in [0.25, 0.3) is 5.69 Å². The van der Waals surface area contributed by atoms with Gasteiger partial charge in [0, 0.05) is 37.1 Å². The van der Waals surface area contributed by atoms with E-state index in [2.05, 4.69) is 25.2 Å². The molecule has 1 atom stereocenters. The number of halogens is 6. The molecule has 3 heterocycles. The van der Waals surface area contributed by atoms with E-state index in [1.54, 1.807) is 0 Å². The normalized spacial score (nSPS) is 16.2. The molecule has 1 unspecified atom stereocenters. The van der Waals surface area contributed by atoms with Gasteiger partial charge in [-0.1, -0.05) is 0 Å². The van der Waals surface area contributed by atoms with E-state index in [9.17, 15) is 31.1 Å². The van der Waals surface area contributed by atoms with Crippen LogP contribution in [0.4, 0.5) is 26.3 Å². The highest BCUT2D eigenvalue weighted by molar-refractivity contribution is 5.93. The molecule has 3 aromatic rings. The Balaban J connectivity index is 1.53. The van der Waals surface area contributed by atoms with Gasteiger partial charge in [0.2, 0.25) is 5.88 Å². The van der Waals surface area contributed by atoms with Crippen LogP contribution >= 0.6 is 0 Å². The molecule has 1 aliphatic rings. The molecule has 0 bridgehead atoms. The number of nitrogens with one attached hydrogen (secondary N) is 1. The van der Waals surface area contributed by atoms with Crippen LogP contribution in [-0.2, 0) is 19.6 Å². The summed E-state index contributed by atoms with van der Waals surface area (Å²) >= 11 is 0. The number of fused-ring (bicyclic) bond motifs is 1. The van der Waals surface area contributed by atoms with Gasteiger partial charge in [0.15, 0.2) is 5.69 Å². The lowest BCUT2D eigenvalue weighted by Crippen LogP contribution is -2.28. The maximum Gasteiger partial charge on any atom is 0.574 e. The topological polar surface area (TPSA) is 86.9 Å². The van der Waals surface area contributed by atoms with Crippen LogP contribution in [-0.4, -0.2) is 36.8 Å². The summed E-state index contributed by atoms with van der Waals surface area (Å²) in [4.78, 5) is 16.0. The molecule has 14 heteroatoms. The van der Waals surface area contributed by atoms with Crippen molar-refractivity contribution in [1.29, 1.82) is 0 Å². The number of carbonyl (C=O) groups excluding carboxylic acids is 1. The zero-order chi connectivity index (χ0) is 23.3. The van der Waals surface area contributed by atoms with Gasteiger partial charge in [0.25, 0.3) is 5.91 Å². The van der Waals surface area contributed by atoms with Gasteiger partial charge < -0.3 is 10.1 Å². The summed E-state index contributed by atoms with van der Waals surface area (Å²) in [6, 6.07) is 2.60. The maximum absolute atomic E-state index is 12.8. The molecule has 3 aromatic heterocycles. The number of pyridine rings is 1. The predicted octanol–water partition coefficient (Wildman–Crippen LogP) is 3.34. The first kappa shape index (κ1) is 21.6. The minimum Gasteiger partial charge on any atom is -0.388 e. The Hall–Kier alpha value is -3.58. The average Bonchev–Trinajstić information content (AvgIpc) is 3.35. The Bertz CT molecular complexity index is 1170. The zero-order valence-electron chi connectivity index (χ0n) is 16.2. The van der Waals surface area contributed by atoms with Crippen molar-refractivity contribution in [3.8, 4) is 11.6 Å². The monoisotopic (exact) mass is 460 g/mol. The fourth-order valence-electron chi connectivity index (χ4n) is 3.39. The second kappa shape index (κ2) is 7.53. The number of hydrogen-bond donors (Lipinski definition) is 1. The van der Waals surface area contributed by atoms with Crippen LogP contribution in [0.5, 0.6) is 5.88 Å². The minimum atomic E-state index is -4.90. The van der Waals surface area contributed by atoms with Crippen molar-refractivity contribution >= 4 is 5.91 Å². The van der Waals surface area contributed by atoms with Gasteiger partial charge in [-0.2, -0.15) is 23.4 Å². The van der Waals surface area contributed by atoms with Crippen LogP contribution in [0.15, 0.2) is 30.6 Å². The molecule has 8 nitrogen and oxygen atoms in total. The number of rotatable bonds is 4. The van der Waals surface area contributed by atoms with E-state index in [1.807, 2.05) is 0 Å². The maximum atomic E-state index is 12.8. The summed E-state index contributed by atoms with van der Waals surface area (Å²) in [6.07, 6.45) is -5.99. The lowest BCUT2D eigenvalue weighted by atomic mass is 10.2. The molecule has 170 valence electrons. The largest absolute Gasteiger partial charge is 0.574 e. The van der Waals surface area contributed by atoms with Crippen molar-refractivity contribution < 1.29 is 35.9 Å². The molecule has 0 aliphatic heterocycles. The van der Waals surface area contributed by atoms with Gasteiger partial charge in [0.1, 0.15) is 5.69 Å². The van der Waals surface area contributed by atoms with E-state index in [4.69, 9.17) is 0 Å². The standard InChI is InChI=1S/C18H14F6N6O2/c1-29-13(7-14(28-29)17(19,20)21)16(31)26-11-2-3-12-10(11)8-30(27-12)9-4-5-25-15(6-9)32-18(22,23)24/h4-8,11H,2-3H2,1H3,(H,26,31). The van der Waals surface area contributed by atoms with E-state index in [1.165, 1.54) is 24.0 Å². The molecular formula is C18H14F6N6O2. The van der Waals surface area contributed by atoms with Gasteiger partial charge in [-0.05, 0) is 18.9 Å². The van der Waals surface area contributed by atoms with Gasteiger partial charge in [-0.3, -0.25) is 9.48 Å². The molecule has 4 rings (SSSR count). The first-order valence-corrected chi connectivity index (χ1v) is 9.13. The van der Waals surface area contributed by atoms with E-state index < -0.39 is 36.1 Å². The van der Waals surface area contributed by atoms with Gasteiger partial charge >= 0.3 is 12.5 Å². The SMILES string of the molecule is Cn1nc(C(F)(F)F)cc1C(=O)NC1CCc2nn(-c3ccnc(OC(F)(F)F)c3)cc21. The highest BCUT2D eigenvalue weighted by Crippen LogP contribution is 2.33. The van der Waals surface area contributed by atoms with Crippen molar-refractivity contribution in [2.24, 2.45) is 7.05 Å². The fourth-order valence-corrected chi connectivity index (χ4v) is 3.39. The van der Waals surface area contributed by atoms with Gasteiger partial charge in [-0.25, -0.2) is 9.67 Å². The van der Waals surface area contributed by atoms with E-state index in [0.717, 1.165) is 16.9 Å². The molecule has 32 heavy (non-hydrogen) atoms. The molecule has 0 spiro atoms. The first-order valence-electron chi connectivity index (χ1n) is 9.13. The van der Waals surface area contributed by atoms with Gasteiger partial charge in [-0.15, -0.1) is 13.2 Å². The third-order valence-corrected chi connectivity index (χ3v) is 4.78. The molecule has 1 aliphatic carbocycles. The Kier molecular flexibility index (Phi) is 5.09. The van der Waals surface area contributed by atoms with E-state index in [-0.39, 0.29) is 11.4 Å². The summed E-state index contributed by atoms with van der Waals surface area (Å²) < 4.78 is 81.7. The number of aromatic nitrogens is 5. The highest BCUT2D eigenvalue weighted by atomic mass is 19.4. The second-order valence-corrected chi connectivity index (χ2v) is 6.98. The predicted molar refractivity (Wildman–Crippen MR) is 94.8 cm³/mol. The molecular weight excluding hydrogens is 446 g/mol. The third-order valence-electron chi connectivity index (χ3n) is 4.78. The van der Waals surface area contributed by atoms with Gasteiger partial charge in [0.05, 0.1) is 17.4 Å². The number of aryl methyl sites for hydroxylation is 2. The summed E-state index contributed by atoms with van der Waals surface area (Å²) in [5.41, 5.74) is 0.0131. The lowest BCUT2D eigenvalue weighted by Gasteiger charge is -2.13. The Morgan fingerprint density at radius 1 is 1.19 bits per heavy atom. The van der Waals surface area contributed by atoms with E-state index >= 15 is 0 Å².